The minimum absolute atomic E-state index is 0.0492. The molecule has 1 aromatic heterocycles. The predicted molar refractivity (Wildman–Crippen MR) is 105 cm³/mol. The molecule has 0 fully saturated rings. The molecule has 1 N–H and O–H groups in total. The van der Waals surface area contributed by atoms with Crippen LogP contribution in [0.25, 0.3) is 5.69 Å². The Balaban J connectivity index is 1.58. The van der Waals surface area contributed by atoms with Crippen molar-refractivity contribution in [3.8, 4) is 11.4 Å². The van der Waals surface area contributed by atoms with Crippen molar-refractivity contribution >= 4 is 17.6 Å². The molecule has 3 aromatic rings. The number of anilines is 1. The Labute approximate surface area is 171 Å². The Morgan fingerprint density at radius 2 is 1.80 bits per heavy atom. The van der Waals surface area contributed by atoms with Gasteiger partial charge in [0.05, 0.1) is 22.6 Å². The maximum absolute atomic E-state index is 12.4. The van der Waals surface area contributed by atoms with E-state index < -0.39 is 25.1 Å². The van der Waals surface area contributed by atoms with Gasteiger partial charge in [0.1, 0.15) is 5.75 Å². The zero-order chi connectivity index (χ0) is 21.7. The average Bonchev–Trinajstić information content (AvgIpc) is 3.05. The summed E-state index contributed by atoms with van der Waals surface area (Å²) in [5, 5.41) is 6.75. The molecule has 30 heavy (non-hydrogen) atoms. The third-order valence-electron chi connectivity index (χ3n) is 4.07. The van der Waals surface area contributed by atoms with Crippen LogP contribution in [-0.2, 0) is 9.53 Å². The van der Waals surface area contributed by atoms with Gasteiger partial charge in [-0.15, -0.1) is 0 Å². The number of hydrogen-bond donors (Lipinski definition) is 1. The maximum Gasteiger partial charge on any atom is 0.387 e. The van der Waals surface area contributed by atoms with Gasteiger partial charge in [-0.25, -0.2) is 9.48 Å². The highest BCUT2D eigenvalue weighted by Gasteiger charge is 2.14. The molecule has 0 radical (unpaired) electrons. The number of benzene rings is 2. The fraction of sp³-hybridized carbons (Fsp3) is 0.190. The number of amides is 1. The number of ether oxygens (including phenoxy) is 2. The van der Waals surface area contributed by atoms with E-state index in [1.807, 2.05) is 19.9 Å². The quantitative estimate of drug-likeness (QED) is 0.592. The standard InChI is InChI=1S/C21H19F2N3O4/c1-13-11-14(2)26(25-13)16-9-7-15(8-10-16)20(28)29-12-19(27)24-17-5-3-4-6-18(17)30-21(22)23/h3-11,21H,12H2,1-2H3,(H,24,27). The monoisotopic (exact) mass is 415 g/mol. The Kier molecular flexibility index (Phi) is 6.41. The van der Waals surface area contributed by atoms with E-state index in [4.69, 9.17) is 4.74 Å². The van der Waals surface area contributed by atoms with Crippen molar-refractivity contribution < 1.29 is 27.8 Å². The van der Waals surface area contributed by atoms with E-state index >= 15 is 0 Å². The van der Waals surface area contributed by atoms with Gasteiger partial charge in [-0.2, -0.15) is 13.9 Å². The molecule has 0 atom stereocenters. The van der Waals surface area contributed by atoms with Crippen LogP contribution >= 0.6 is 0 Å². The fourth-order valence-electron chi connectivity index (χ4n) is 2.80. The van der Waals surface area contributed by atoms with E-state index in [1.165, 1.54) is 18.2 Å². The zero-order valence-electron chi connectivity index (χ0n) is 16.3. The molecule has 7 nitrogen and oxygen atoms in total. The Bertz CT molecular complexity index is 1050. The Morgan fingerprint density at radius 3 is 2.43 bits per heavy atom. The van der Waals surface area contributed by atoms with Gasteiger partial charge < -0.3 is 14.8 Å². The molecule has 0 saturated heterocycles. The van der Waals surface area contributed by atoms with E-state index in [-0.39, 0.29) is 17.0 Å². The molecular formula is C21H19F2N3O4. The van der Waals surface area contributed by atoms with E-state index in [0.29, 0.717) is 0 Å². The van der Waals surface area contributed by atoms with Crippen molar-refractivity contribution in [3.63, 3.8) is 0 Å². The minimum Gasteiger partial charge on any atom is -0.452 e. The molecule has 1 amide bonds. The third kappa shape index (κ3) is 5.19. The first-order valence-corrected chi connectivity index (χ1v) is 8.98. The van der Waals surface area contributed by atoms with Crippen LogP contribution in [0.3, 0.4) is 0 Å². The number of para-hydroxylation sites is 2. The van der Waals surface area contributed by atoms with Crippen LogP contribution in [0.4, 0.5) is 14.5 Å². The number of nitrogens with zero attached hydrogens (tertiary/aromatic N) is 2. The molecule has 2 aromatic carbocycles. The van der Waals surface area contributed by atoms with Crippen LogP contribution in [0, 0.1) is 13.8 Å². The van der Waals surface area contributed by atoms with Crippen molar-refractivity contribution in [2.24, 2.45) is 0 Å². The second-order valence-electron chi connectivity index (χ2n) is 6.38. The number of alkyl halides is 2. The largest absolute Gasteiger partial charge is 0.452 e. The fourth-order valence-corrected chi connectivity index (χ4v) is 2.80. The second kappa shape index (κ2) is 9.17. The summed E-state index contributed by atoms with van der Waals surface area (Å²) in [5.74, 6) is -1.57. The van der Waals surface area contributed by atoms with Crippen LogP contribution in [0.15, 0.2) is 54.6 Å². The van der Waals surface area contributed by atoms with Gasteiger partial charge in [0.2, 0.25) is 0 Å². The number of halogens is 2. The van der Waals surface area contributed by atoms with Crippen molar-refractivity contribution in [1.82, 2.24) is 9.78 Å². The molecule has 0 aliphatic carbocycles. The number of hydrogen-bond acceptors (Lipinski definition) is 5. The van der Waals surface area contributed by atoms with Gasteiger partial charge in [0, 0.05) is 5.69 Å². The molecule has 0 bridgehead atoms. The second-order valence-corrected chi connectivity index (χ2v) is 6.38. The topological polar surface area (TPSA) is 82.5 Å². The number of esters is 1. The lowest BCUT2D eigenvalue weighted by molar-refractivity contribution is -0.119. The molecule has 0 spiro atoms. The molecule has 0 aliphatic heterocycles. The summed E-state index contributed by atoms with van der Waals surface area (Å²) in [5.41, 5.74) is 2.92. The summed E-state index contributed by atoms with van der Waals surface area (Å²) in [6.45, 7) is 0.197. The number of nitrogens with one attached hydrogen (secondary N) is 1. The molecule has 0 saturated carbocycles. The maximum atomic E-state index is 12.4. The smallest absolute Gasteiger partial charge is 0.387 e. The summed E-state index contributed by atoms with van der Waals surface area (Å²) < 4.78 is 35.9. The SMILES string of the molecule is Cc1cc(C)n(-c2ccc(C(=O)OCC(=O)Nc3ccccc3OC(F)F)cc2)n1. The van der Waals surface area contributed by atoms with Gasteiger partial charge in [0.15, 0.2) is 6.61 Å². The summed E-state index contributed by atoms with van der Waals surface area (Å²) in [4.78, 5) is 24.2. The number of carbonyl (C=O) groups excluding carboxylic acids is 2. The molecule has 156 valence electrons. The number of carbonyl (C=O) groups is 2. The molecule has 1 heterocycles. The lowest BCUT2D eigenvalue weighted by Gasteiger charge is -2.12. The van der Waals surface area contributed by atoms with Gasteiger partial charge >= 0.3 is 12.6 Å². The molecule has 0 aliphatic rings. The van der Waals surface area contributed by atoms with Crippen molar-refractivity contribution in [2.75, 3.05) is 11.9 Å². The van der Waals surface area contributed by atoms with Crippen molar-refractivity contribution in [1.29, 1.82) is 0 Å². The summed E-state index contributed by atoms with van der Waals surface area (Å²) >= 11 is 0. The van der Waals surface area contributed by atoms with Gasteiger partial charge in [0.25, 0.3) is 5.91 Å². The zero-order valence-corrected chi connectivity index (χ0v) is 16.3. The van der Waals surface area contributed by atoms with Crippen LogP contribution in [0.2, 0.25) is 0 Å². The van der Waals surface area contributed by atoms with Gasteiger partial charge in [-0.05, 0) is 56.3 Å². The normalized spacial score (nSPS) is 10.7. The van der Waals surface area contributed by atoms with Crippen LogP contribution in [0.1, 0.15) is 21.7 Å². The summed E-state index contributed by atoms with van der Waals surface area (Å²) in [6, 6.07) is 14.2. The summed E-state index contributed by atoms with van der Waals surface area (Å²) in [6.07, 6.45) is 0. The minimum atomic E-state index is -3.03. The molecule has 3 rings (SSSR count). The predicted octanol–water partition coefficient (Wildman–Crippen LogP) is 3.89. The first-order chi connectivity index (χ1) is 14.3. The lowest BCUT2D eigenvalue weighted by Crippen LogP contribution is -2.21. The molecular weight excluding hydrogens is 396 g/mol. The molecule has 0 unspecified atom stereocenters. The highest BCUT2D eigenvalue weighted by atomic mass is 19.3. The highest BCUT2D eigenvalue weighted by Crippen LogP contribution is 2.25. The number of rotatable bonds is 7. The van der Waals surface area contributed by atoms with Crippen molar-refractivity contribution in [2.45, 2.75) is 20.5 Å². The summed E-state index contributed by atoms with van der Waals surface area (Å²) in [7, 11) is 0. The van der Waals surface area contributed by atoms with Crippen LogP contribution in [-0.4, -0.2) is 34.9 Å². The first-order valence-electron chi connectivity index (χ1n) is 8.98. The first kappa shape index (κ1) is 21.0. The van der Waals surface area contributed by atoms with E-state index in [2.05, 4.69) is 15.2 Å². The average molecular weight is 415 g/mol. The lowest BCUT2D eigenvalue weighted by atomic mass is 10.2. The number of aromatic nitrogens is 2. The van der Waals surface area contributed by atoms with Crippen molar-refractivity contribution in [3.05, 3.63) is 71.5 Å². The van der Waals surface area contributed by atoms with Crippen LogP contribution < -0.4 is 10.1 Å². The van der Waals surface area contributed by atoms with Crippen LogP contribution in [0.5, 0.6) is 5.75 Å². The van der Waals surface area contributed by atoms with E-state index in [9.17, 15) is 18.4 Å². The molecule has 9 heteroatoms. The van der Waals surface area contributed by atoms with E-state index in [0.717, 1.165) is 17.1 Å². The van der Waals surface area contributed by atoms with E-state index in [1.54, 1.807) is 35.0 Å². The number of aryl methyl sites for hydroxylation is 2. The van der Waals surface area contributed by atoms with Gasteiger partial charge in [-0.1, -0.05) is 12.1 Å². The van der Waals surface area contributed by atoms with Gasteiger partial charge in [-0.3, -0.25) is 4.79 Å². The Morgan fingerprint density at radius 1 is 1.10 bits per heavy atom. The Hall–Kier alpha value is -3.75. The third-order valence-corrected chi connectivity index (χ3v) is 4.07. The highest BCUT2D eigenvalue weighted by molar-refractivity contribution is 5.96.